The highest BCUT2D eigenvalue weighted by atomic mass is 19.1. The molecular formula is C30H38FN3O6. The molecule has 1 heterocycles. The maximum Gasteiger partial charge on any atom is 0.322 e. The molecule has 40 heavy (non-hydrogen) atoms. The molecule has 0 saturated carbocycles. The number of hydrogen-bond acceptors (Lipinski definition) is 6. The van der Waals surface area contributed by atoms with Crippen LogP contribution in [0.5, 0.6) is 11.5 Å². The van der Waals surface area contributed by atoms with Crippen LogP contribution in [0.3, 0.4) is 0 Å². The quantitative estimate of drug-likeness (QED) is 0.257. The highest BCUT2D eigenvalue weighted by Gasteiger charge is 2.23. The fraction of sp³-hybridized carbons (Fsp3) is 0.400. The maximum absolute atomic E-state index is 13.7. The highest BCUT2D eigenvalue weighted by molar-refractivity contribution is 5.92. The van der Waals surface area contributed by atoms with Gasteiger partial charge in [0, 0.05) is 32.0 Å². The molecule has 0 radical (unpaired) electrons. The van der Waals surface area contributed by atoms with E-state index in [2.05, 4.69) is 5.32 Å². The second kappa shape index (κ2) is 15.5. The van der Waals surface area contributed by atoms with Gasteiger partial charge in [-0.3, -0.25) is 4.79 Å². The Hall–Kier alpha value is -4.05. The van der Waals surface area contributed by atoms with Crippen molar-refractivity contribution >= 4 is 17.6 Å². The lowest BCUT2D eigenvalue weighted by atomic mass is 10.1. The van der Waals surface area contributed by atoms with Crippen molar-refractivity contribution in [2.24, 2.45) is 0 Å². The molecule has 0 bridgehead atoms. The summed E-state index contributed by atoms with van der Waals surface area (Å²) in [5.41, 5.74) is 1.27. The Balaban J connectivity index is 1.76. The van der Waals surface area contributed by atoms with E-state index in [-0.39, 0.29) is 25.5 Å². The smallest absolute Gasteiger partial charge is 0.322 e. The van der Waals surface area contributed by atoms with E-state index >= 15 is 0 Å². The van der Waals surface area contributed by atoms with E-state index in [0.29, 0.717) is 55.5 Å². The predicted molar refractivity (Wildman–Crippen MR) is 150 cm³/mol. The first-order chi connectivity index (χ1) is 19.3. The Morgan fingerprint density at radius 2 is 1.77 bits per heavy atom. The number of nitrogens with zero attached hydrogens (tertiary/aromatic N) is 2. The Bertz CT molecular complexity index is 1250. The van der Waals surface area contributed by atoms with Crippen LogP contribution in [0.15, 0.2) is 59.0 Å². The number of furan rings is 1. The standard InChI is InChI=1S/C30H38FN3O6/c1-5-39-17-7-15-34(30(36)32-25-9-6-8-24(31)19-25)21-29(35)33(20-26-12-10-22(2)40-26)16-14-23-11-13-27(37-3)28(18-23)38-4/h6,8-13,18-19H,5,7,14-17,20-21H2,1-4H3,(H,32,36). The molecule has 0 spiro atoms. The Labute approximate surface area is 234 Å². The lowest BCUT2D eigenvalue weighted by Gasteiger charge is -2.27. The zero-order valence-corrected chi connectivity index (χ0v) is 23.6. The molecule has 1 aromatic heterocycles. The minimum Gasteiger partial charge on any atom is -0.493 e. The molecule has 1 N–H and O–H groups in total. The summed E-state index contributed by atoms with van der Waals surface area (Å²) in [4.78, 5) is 29.9. The second-order valence-corrected chi connectivity index (χ2v) is 9.18. The number of methoxy groups -OCH3 is 2. The van der Waals surface area contributed by atoms with Gasteiger partial charge in [-0.1, -0.05) is 12.1 Å². The van der Waals surface area contributed by atoms with Gasteiger partial charge in [0.1, 0.15) is 23.9 Å². The van der Waals surface area contributed by atoms with Crippen molar-refractivity contribution in [3.05, 3.63) is 77.5 Å². The van der Waals surface area contributed by atoms with Crippen LogP contribution in [0.2, 0.25) is 0 Å². The SMILES string of the molecule is CCOCCCN(CC(=O)N(CCc1ccc(OC)c(OC)c1)Cc1ccc(C)o1)C(=O)Nc1cccc(F)c1. The van der Waals surface area contributed by atoms with Crippen LogP contribution in [-0.2, 0) is 22.5 Å². The molecule has 0 atom stereocenters. The number of rotatable bonds is 15. The predicted octanol–water partition coefficient (Wildman–Crippen LogP) is 5.28. The first kappa shape index (κ1) is 30.5. The van der Waals surface area contributed by atoms with Gasteiger partial charge in [0.2, 0.25) is 5.91 Å². The van der Waals surface area contributed by atoms with Gasteiger partial charge >= 0.3 is 6.03 Å². The maximum atomic E-state index is 13.7. The van der Waals surface area contributed by atoms with Crippen molar-refractivity contribution < 1.29 is 32.6 Å². The number of carbonyl (C=O) groups excluding carboxylic acids is 2. The van der Waals surface area contributed by atoms with Crippen molar-refractivity contribution in [3.63, 3.8) is 0 Å². The average molecular weight is 556 g/mol. The number of benzene rings is 2. The first-order valence-corrected chi connectivity index (χ1v) is 13.3. The van der Waals surface area contributed by atoms with E-state index in [9.17, 15) is 14.0 Å². The molecule has 0 aliphatic heterocycles. The molecule has 0 aliphatic rings. The minimum absolute atomic E-state index is 0.168. The molecule has 0 unspecified atom stereocenters. The third-order valence-corrected chi connectivity index (χ3v) is 6.22. The van der Waals surface area contributed by atoms with Gasteiger partial charge in [0.15, 0.2) is 11.5 Å². The zero-order chi connectivity index (χ0) is 28.9. The molecular weight excluding hydrogens is 517 g/mol. The lowest BCUT2D eigenvalue weighted by Crippen LogP contribution is -2.45. The van der Waals surface area contributed by atoms with Gasteiger partial charge in [-0.25, -0.2) is 9.18 Å². The van der Waals surface area contributed by atoms with Crippen LogP contribution in [0, 0.1) is 12.7 Å². The van der Waals surface area contributed by atoms with E-state index in [1.165, 1.54) is 23.1 Å². The Morgan fingerprint density at radius 1 is 0.975 bits per heavy atom. The summed E-state index contributed by atoms with van der Waals surface area (Å²) < 4.78 is 35.6. The molecule has 0 saturated heterocycles. The molecule has 10 heteroatoms. The molecule has 2 aromatic carbocycles. The molecule has 3 amide bonds. The Kier molecular flexibility index (Phi) is 11.8. The molecule has 3 aromatic rings. The van der Waals surface area contributed by atoms with Gasteiger partial charge in [-0.2, -0.15) is 0 Å². The van der Waals surface area contributed by atoms with Crippen molar-refractivity contribution in [3.8, 4) is 11.5 Å². The van der Waals surface area contributed by atoms with Crippen LogP contribution in [-0.4, -0.2) is 68.8 Å². The highest BCUT2D eigenvalue weighted by Crippen LogP contribution is 2.28. The van der Waals surface area contributed by atoms with E-state index < -0.39 is 11.8 Å². The largest absolute Gasteiger partial charge is 0.493 e. The van der Waals surface area contributed by atoms with Crippen LogP contribution < -0.4 is 14.8 Å². The molecule has 3 rings (SSSR count). The third-order valence-electron chi connectivity index (χ3n) is 6.22. The minimum atomic E-state index is -0.496. The summed E-state index contributed by atoms with van der Waals surface area (Å²) in [5, 5.41) is 2.69. The third kappa shape index (κ3) is 9.30. The fourth-order valence-electron chi connectivity index (χ4n) is 4.14. The summed E-state index contributed by atoms with van der Waals surface area (Å²) in [6.45, 7) is 5.49. The van der Waals surface area contributed by atoms with E-state index in [1.807, 2.05) is 44.2 Å². The number of hydrogen-bond donors (Lipinski definition) is 1. The van der Waals surface area contributed by atoms with E-state index in [4.69, 9.17) is 18.6 Å². The number of anilines is 1. The van der Waals surface area contributed by atoms with E-state index in [0.717, 1.165) is 11.3 Å². The summed E-state index contributed by atoms with van der Waals surface area (Å²) in [5.74, 6) is 1.90. The van der Waals surface area contributed by atoms with Crippen LogP contribution >= 0.6 is 0 Å². The van der Waals surface area contributed by atoms with E-state index in [1.54, 1.807) is 25.2 Å². The van der Waals surface area contributed by atoms with Gasteiger partial charge in [-0.05, 0) is 74.7 Å². The summed E-state index contributed by atoms with van der Waals surface area (Å²) in [6, 6.07) is 14.4. The zero-order valence-electron chi connectivity index (χ0n) is 23.6. The summed E-state index contributed by atoms with van der Waals surface area (Å²) in [6.07, 6.45) is 1.09. The van der Waals surface area contributed by atoms with Gasteiger partial charge in [0.05, 0.1) is 20.8 Å². The topological polar surface area (TPSA) is 93.5 Å². The number of carbonyl (C=O) groups is 2. The fourth-order valence-corrected chi connectivity index (χ4v) is 4.14. The normalized spacial score (nSPS) is 10.7. The number of ether oxygens (including phenoxy) is 3. The number of halogens is 1. The van der Waals surface area contributed by atoms with Crippen molar-refractivity contribution in [2.75, 3.05) is 52.4 Å². The molecule has 9 nitrogen and oxygen atoms in total. The Morgan fingerprint density at radius 3 is 2.45 bits per heavy atom. The van der Waals surface area contributed by atoms with Crippen molar-refractivity contribution in [1.82, 2.24) is 9.80 Å². The number of nitrogens with one attached hydrogen (secondary N) is 1. The molecule has 0 fully saturated rings. The first-order valence-electron chi connectivity index (χ1n) is 13.3. The summed E-state index contributed by atoms with van der Waals surface area (Å²) >= 11 is 0. The van der Waals surface area contributed by atoms with Crippen molar-refractivity contribution in [1.29, 1.82) is 0 Å². The van der Waals surface area contributed by atoms with Crippen LogP contribution in [0.1, 0.15) is 30.4 Å². The van der Waals surface area contributed by atoms with Crippen molar-refractivity contribution in [2.45, 2.75) is 33.2 Å². The lowest BCUT2D eigenvalue weighted by molar-refractivity contribution is -0.132. The average Bonchev–Trinajstić information content (AvgIpc) is 3.36. The number of urea groups is 1. The van der Waals surface area contributed by atoms with Gasteiger partial charge in [-0.15, -0.1) is 0 Å². The van der Waals surface area contributed by atoms with Crippen LogP contribution in [0.25, 0.3) is 0 Å². The van der Waals surface area contributed by atoms with Gasteiger partial charge < -0.3 is 33.7 Å². The monoisotopic (exact) mass is 555 g/mol. The summed E-state index contributed by atoms with van der Waals surface area (Å²) in [7, 11) is 3.15. The second-order valence-electron chi connectivity index (χ2n) is 9.18. The van der Waals surface area contributed by atoms with Crippen LogP contribution in [0.4, 0.5) is 14.9 Å². The van der Waals surface area contributed by atoms with Gasteiger partial charge in [0.25, 0.3) is 0 Å². The number of amides is 3. The molecule has 216 valence electrons. The molecule has 0 aliphatic carbocycles. The number of aryl methyl sites for hydroxylation is 1.